The second-order valence-electron chi connectivity index (χ2n) is 7.30. The van der Waals surface area contributed by atoms with Gasteiger partial charge in [-0.25, -0.2) is 0 Å². The Kier molecular flexibility index (Phi) is 4.89. The summed E-state index contributed by atoms with van der Waals surface area (Å²) in [5.41, 5.74) is 2.95. The molecule has 1 saturated heterocycles. The molecule has 1 aliphatic carbocycles. The van der Waals surface area contributed by atoms with Crippen LogP contribution in [0.25, 0.3) is 0 Å². The highest BCUT2D eigenvalue weighted by atomic mass is 16.5. The van der Waals surface area contributed by atoms with Crippen LogP contribution in [0.5, 0.6) is 5.75 Å². The van der Waals surface area contributed by atoms with E-state index in [-0.39, 0.29) is 23.5 Å². The quantitative estimate of drug-likeness (QED) is 0.874. The summed E-state index contributed by atoms with van der Waals surface area (Å²) in [6, 6.07) is 15.6. The van der Waals surface area contributed by atoms with Crippen LogP contribution in [0.15, 0.2) is 48.5 Å². The Morgan fingerprint density at radius 1 is 1.07 bits per heavy atom. The number of ether oxygens (including phenoxy) is 2. The second kappa shape index (κ2) is 7.33. The molecule has 0 unspecified atom stereocenters. The number of carbonyl (C=O) groups excluding carboxylic acids is 1. The van der Waals surface area contributed by atoms with Crippen molar-refractivity contribution in [3.05, 3.63) is 65.2 Å². The third-order valence-electron chi connectivity index (χ3n) is 6.07. The number of hydrogen-bond acceptors (Lipinski definition) is 4. The average Bonchev–Trinajstić information content (AvgIpc) is 2.97. The number of rotatable bonds is 4. The molecule has 1 fully saturated rings. The van der Waals surface area contributed by atoms with Gasteiger partial charge >= 0.3 is 0 Å². The molecular formula is C22H26N2O3. The summed E-state index contributed by atoms with van der Waals surface area (Å²) in [4.78, 5) is 13.1. The van der Waals surface area contributed by atoms with Gasteiger partial charge in [0.2, 0.25) is 0 Å². The van der Waals surface area contributed by atoms with E-state index >= 15 is 0 Å². The lowest BCUT2D eigenvalue weighted by Crippen LogP contribution is -2.49. The first-order chi connectivity index (χ1) is 13.2. The highest BCUT2D eigenvalue weighted by molar-refractivity contribution is 5.97. The molecule has 2 atom stereocenters. The number of carbonyl (C=O) groups is 1. The summed E-state index contributed by atoms with van der Waals surface area (Å²) in [5.74, 6) is 0.437. The standard InChI is InChI=1S/C22H26N2O3/c1-26-18-10-6-4-8-16(18)21(25)24-19-15-7-3-5-9-17(15)22(20(19)27-2)11-13-23-14-12-22/h3-10,19-20,23H,11-14H2,1-2H3,(H,24,25)/t19-,20+/m1/s1. The van der Waals surface area contributed by atoms with Gasteiger partial charge in [-0.1, -0.05) is 36.4 Å². The van der Waals surface area contributed by atoms with Crippen LogP contribution < -0.4 is 15.4 Å². The highest BCUT2D eigenvalue weighted by Gasteiger charge is 2.53. The van der Waals surface area contributed by atoms with E-state index in [1.165, 1.54) is 5.56 Å². The van der Waals surface area contributed by atoms with Crippen LogP contribution in [-0.2, 0) is 10.2 Å². The Morgan fingerprint density at radius 3 is 2.52 bits per heavy atom. The van der Waals surface area contributed by atoms with Crippen molar-refractivity contribution in [3.8, 4) is 5.75 Å². The molecule has 5 heteroatoms. The summed E-state index contributed by atoms with van der Waals surface area (Å²) in [6.45, 7) is 1.92. The highest BCUT2D eigenvalue weighted by Crippen LogP contribution is 2.51. The number of methoxy groups -OCH3 is 2. The Labute approximate surface area is 160 Å². The number of piperidine rings is 1. The van der Waals surface area contributed by atoms with Crippen molar-refractivity contribution in [2.24, 2.45) is 0 Å². The predicted molar refractivity (Wildman–Crippen MR) is 104 cm³/mol. The molecule has 1 aliphatic heterocycles. The summed E-state index contributed by atoms with van der Waals surface area (Å²) >= 11 is 0. The fourth-order valence-corrected chi connectivity index (χ4v) is 4.85. The van der Waals surface area contributed by atoms with E-state index in [2.05, 4.69) is 28.8 Å². The molecule has 5 nitrogen and oxygen atoms in total. The molecule has 0 saturated carbocycles. The van der Waals surface area contributed by atoms with Crippen molar-refractivity contribution >= 4 is 5.91 Å². The zero-order valence-corrected chi connectivity index (χ0v) is 15.8. The topological polar surface area (TPSA) is 59.6 Å². The number of para-hydroxylation sites is 1. The van der Waals surface area contributed by atoms with Crippen molar-refractivity contribution in [3.63, 3.8) is 0 Å². The van der Waals surface area contributed by atoms with Gasteiger partial charge in [0.25, 0.3) is 5.91 Å². The fourth-order valence-electron chi connectivity index (χ4n) is 4.85. The van der Waals surface area contributed by atoms with Crippen molar-refractivity contribution in [2.75, 3.05) is 27.3 Å². The Morgan fingerprint density at radius 2 is 1.78 bits per heavy atom. The van der Waals surface area contributed by atoms with Crippen LogP contribution in [-0.4, -0.2) is 39.3 Å². The first kappa shape index (κ1) is 18.0. The Balaban J connectivity index is 1.71. The third-order valence-corrected chi connectivity index (χ3v) is 6.07. The number of nitrogens with one attached hydrogen (secondary N) is 2. The summed E-state index contributed by atoms with van der Waals surface area (Å²) in [6.07, 6.45) is 1.92. The maximum Gasteiger partial charge on any atom is 0.255 e. The van der Waals surface area contributed by atoms with E-state index in [1.54, 1.807) is 26.4 Å². The van der Waals surface area contributed by atoms with E-state index in [0.717, 1.165) is 31.5 Å². The van der Waals surface area contributed by atoms with Gasteiger partial charge in [-0.3, -0.25) is 4.79 Å². The van der Waals surface area contributed by atoms with Gasteiger partial charge in [0.05, 0.1) is 24.8 Å². The van der Waals surface area contributed by atoms with Gasteiger partial charge in [0.15, 0.2) is 0 Å². The SMILES string of the molecule is COc1ccccc1C(=O)N[C@@H]1c2ccccc2C2(CCNCC2)[C@H]1OC. The lowest BCUT2D eigenvalue weighted by Gasteiger charge is -2.40. The maximum absolute atomic E-state index is 13.1. The summed E-state index contributed by atoms with van der Waals surface area (Å²) < 4.78 is 11.4. The van der Waals surface area contributed by atoms with Gasteiger partial charge in [0.1, 0.15) is 5.75 Å². The van der Waals surface area contributed by atoms with Crippen LogP contribution in [0.2, 0.25) is 0 Å². The molecule has 2 aliphatic rings. The second-order valence-corrected chi connectivity index (χ2v) is 7.30. The van der Waals surface area contributed by atoms with Crippen LogP contribution >= 0.6 is 0 Å². The molecule has 27 heavy (non-hydrogen) atoms. The molecule has 2 aromatic carbocycles. The molecule has 1 heterocycles. The monoisotopic (exact) mass is 366 g/mol. The van der Waals surface area contributed by atoms with Gasteiger partial charge in [-0.2, -0.15) is 0 Å². The van der Waals surface area contributed by atoms with Crippen LogP contribution in [0.3, 0.4) is 0 Å². The van der Waals surface area contributed by atoms with E-state index in [9.17, 15) is 4.79 Å². The molecule has 2 N–H and O–H groups in total. The molecule has 4 rings (SSSR count). The Bertz CT molecular complexity index is 830. The Hall–Kier alpha value is -2.37. The molecule has 142 valence electrons. The predicted octanol–water partition coefficient (Wildman–Crippen LogP) is 2.82. The minimum atomic E-state index is -0.179. The largest absolute Gasteiger partial charge is 0.496 e. The van der Waals surface area contributed by atoms with Crippen molar-refractivity contribution < 1.29 is 14.3 Å². The maximum atomic E-state index is 13.1. The third kappa shape index (κ3) is 2.91. The van der Waals surface area contributed by atoms with Crippen molar-refractivity contribution in [1.29, 1.82) is 0 Å². The number of amides is 1. The number of fused-ring (bicyclic) bond motifs is 2. The fraction of sp³-hybridized carbons (Fsp3) is 0.409. The minimum absolute atomic E-state index is 0.0602. The average molecular weight is 366 g/mol. The smallest absolute Gasteiger partial charge is 0.255 e. The van der Waals surface area contributed by atoms with Gasteiger partial charge in [0, 0.05) is 12.5 Å². The van der Waals surface area contributed by atoms with Gasteiger partial charge < -0.3 is 20.1 Å². The molecule has 1 spiro atoms. The first-order valence-electron chi connectivity index (χ1n) is 9.48. The normalized spacial score (nSPS) is 23.0. The van der Waals surface area contributed by atoms with E-state index in [0.29, 0.717) is 11.3 Å². The summed E-state index contributed by atoms with van der Waals surface area (Å²) in [5, 5.41) is 6.68. The van der Waals surface area contributed by atoms with Gasteiger partial charge in [-0.05, 0) is 49.2 Å². The molecule has 2 aromatic rings. The molecule has 1 amide bonds. The van der Waals surface area contributed by atoms with E-state index in [1.807, 2.05) is 18.2 Å². The van der Waals surface area contributed by atoms with Crippen molar-refractivity contribution in [2.45, 2.75) is 30.4 Å². The number of hydrogen-bond donors (Lipinski definition) is 2. The lowest BCUT2D eigenvalue weighted by atomic mass is 9.72. The molecule has 0 aromatic heterocycles. The zero-order valence-electron chi connectivity index (χ0n) is 15.8. The van der Waals surface area contributed by atoms with Crippen LogP contribution in [0, 0.1) is 0 Å². The first-order valence-corrected chi connectivity index (χ1v) is 9.48. The minimum Gasteiger partial charge on any atom is -0.496 e. The molecular weight excluding hydrogens is 340 g/mol. The zero-order chi connectivity index (χ0) is 18.9. The summed E-state index contributed by atoms with van der Waals surface area (Å²) in [7, 11) is 3.33. The van der Waals surface area contributed by atoms with E-state index in [4.69, 9.17) is 9.47 Å². The lowest BCUT2D eigenvalue weighted by molar-refractivity contribution is 0.00394. The molecule has 0 radical (unpaired) electrons. The van der Waals surface area contributed by atoms with E-state index < -0.39 is 0 Å². The molecule has 0 bridgehead atoms. The number of benzene rings is 2. The van der Waals surface area contributed by atoms with Gasteiger partial charge in [-0.15, -0.1) is 0 Å². The van der Waals surface area contributed by atoms with Crippen LogP contribution in [0.4, 0.5) is 0 Å². The van der Waals surface area contributed by atoms with Crippen molar-refractivity contribution in [1.82, 2.24) is 10.6 Å². The van der Waals surface area contributed by atoms with Crippen LogP contribution in [0.1, 0.15) is 40.4 Å².